The molecule has 1 amide bonds. The van der Waals surface area contributed by atoms with Gasteiger partial charge in [0.05, 0.1) is 13.2 Å². The Hall–Kier alpha value is -2.17. The summed E-state index contributed by atoms with van der Waals surface area (Å²) < 4.78 is 5.36. The molecule has 4 nitrogen and oxygen atoms in total. The quantitative estimate of drug-likeness (QED) is 0.943. The summed E-state index contributed by atoms with van der Waals surface area (Å²) in [6.45, 7) is 6.46. The van der Waals surface area contributed by atoms with Crippen molar-refractivity contribution in [2.24, 2.45) is 0 Å². The molecular formula is C19H22N2O2. The molecule has 0 unspecified atom stereocenters. The maximum Gasteiger partial charge on any atom is 0.255 e. The van der Waals surface area contributed by atoms with Gasteiger partial charge in [-0.05, 0) is 42.3 Å². The van der Waals surface area contributed by atoms with E-state index in [-0.39, 0.29) is 5.91 Å². The molecule has 0 saturated carbocycles. The van der Waals surface area contributed by atoms with Gasteiger partial charge < -0.3 is 10.1 Å². The lowest BCUT2D eigenvalue weighted by molar-refractivity contribution is 0.0342. The fourth-order valence-electron chi connectivity index (χ4n) is 2.71. The van der Waals surface area contributed by atoms with E-state index in [0.717, 1.165) is 44.1 Å². The van der Waals surface area contributed by atoms with Crippen LogP contribution in [0.15, 0.2) is 48.5 Å². The number of benzene rings is 2. The van der Waals surface area contributed by atoms with Crippen LogP contribution in [-0.2, 0) is 11.3 Å². The number of carbonyl (C=O) groups excluding carboxylic acids is 1. The summed E-state index contributed by atoms with van der Waals surface area (Å²) in [5, 5.41) is 2.93. The number of hydrogen-bond donors (Lipinski definition) is 1. The molecule has 1 aliphatic rings. The maximum atomic E-state index is 12.3. The molecule has 0 bridgehead atoms. The molecule has 0 aliphatic carbocycles. The summed E-state index contributed by atoms with van der Waals surface area (Å²) in [5.41, 5.74) is 3.85. The summed E-state index contributed by atoms with van der Waals surface area (Å²) in [4.78, 5) is 14.7. The monoisotopic (exact) mass is 310 g/mol. The van der Waals surface area contributed by atoms with E-state index in [2.05, 4.69) is 10.2 Å². The van der Waals surface area contributed by atoms with Crippen molar-refractivity contribution in [2.45, 2.75) is 13.5 Å². The van der Waals surface area contributed by atoms with Crippen LogP contribution in [0.4, 0.5) is 5.69 Å². The molecule has 4 heteroatoms. The third kappa shape index (κ3) is 4.41. The minimum absolute atomic E-state index is 0.0754. The number of rotatable bonds is 4. The molecule has 0 radical (unpaired) electrons. The number of anilines is 1. The molecule has 1 saturated heterocycles. The predicted molar refractivity (Wildman–Crippen MR) is 91.7 cm³/mol. The van der Waals surface area contributed by atoms with E-state index in [1.807, 2.05) is 55.5 Å². The summed E-state index contributed by atoms with van der Waals surface area (Å²) >= 11 is 0. The second kappa shape index (κ2) is 7.40. The molecule has 0 spiro atoms. The molecule has 0 atom stereocenters. The van der Waals surface area contributed by atoms with E-state index in [4.69, 9.17) is 4.74 Å². The first kappa shape index (κ1) is 15.7. The first-order valence-electron chi connectivity index (χ1n) is 7.98. The highest BCUT2D eigenvalue weighted by Gasteiger charge is 2.11. The van der Waals surface area contributed by atoms with Crippen LogP contribution >= 0.6 is 0 Å². The minimum atomic E-state index is -0.0754. The number of carbonyl (C=O) groups is 1. The van der Waals surface area contributed by atoms with Gasteiger partial charge in [-0.15, -0.1) is 0 Å². The van der Waals surface area contributed by atoms with Crippen molar-refractivity contribution in [1.82, 2.24) is 4.90 Å². The summed E-state index contributed by atoms with van der Waals surface area (Å²) in [5.74, 6) is -0.0754. The van der Waals surface area contributed by atoms with Crippen LogP contribution in [-0.4, -0.2) is 37.1 Å². The molecule has 2 aromatic carbocycles. The van der Waals surface area contributed by atoms with Crippen LogP contribution in [0.1, 0.15) is 21.5 Å². The normalized spacial score (nSPS) is 15.3. The Bertz CT molecular complexity index is 661. The van der Waals surface area contributed by atoms with Gasteiger partial charge in [0.2, 0.25) is 0 Å². The average molecular weight is 310 g/mol. The smallest absolute Gasteiger partial charge is 0.255 e. The Balaban J connectivity index is 1.60. The molecule has 23 heavy (non-hydrogen) atoms. The van der Waals surface area contributed by atoms with Crippen LogP contribution in [0.25, 0.3) is 0 Å². The fourth-order valence-corrected chi connectivity index (χ4v) is 2.71. The van der Waals surface area contributed by atoms with Crippen molar-refractivity contribution in [2.75, 3.05) is 31.6 Å². The molecule has 1 heterocycles. The number of nitrogens with zero attached hydrogens (tertiary/aromatic N) is 1. The fraction of sp³-hybridized carbons (Fsp3) is 0.316. The van der Waals surface area contributed by atoms with E-state index in [0.29, 0.717) is 5.56 Å². The van der Waals surface area contributed by atoms with Crippen LogP contribution in [0.5, 0.6) is 0 Å². The van der Waals surface area contributed by atoms with Crippen LogP contribution in [0.3, 0.4) is 0 Å². The first-order valence-corrected chi connectivity index (χ1v) is 7.98. The van der Waals surface area contributed by atoms with E-state index >= 15 is 0 Å². The number of nitrogens with one attached hydrogen (secondary N) is 1. The summed E-state index contributed by atoms with van der Waals surface area (Å²) in [6.07, 6.45) is 0. The molecule has 1 aliphatic heterocycles. The van der Waals surface area contributed by atoms with E-state index < -0.39 is 0 Å². The SMILES string of the molecule is Cc1cccc(NC(=O)c2ccc(CN3CCOCC3)cc2)c1. The van der Waals surface area contributed by atoms with Crippen molar-refractivity contribution in [3.8, 4) is 0 Å². The first-order chi connectivity index (χ1) is 11.2. The standard InChI is InChI=1S/C19H22N2O2/c1-15-3-2-4-18(13-15)20-19(22)17-7-5-16(6-8-17)14-21-9-11-23-12-10-21/h2-8,13H,9-12,14H2,1H3,(H,20,22). The summed E-state index contributed by atoms with van der Waals surface area (Å²) in [6, 6.07) is 15.7. The number of aryl methyl sites for hydroxylation is 1. The van der Waals surface area contributed by atoms with Gasteiger partial charge in [0, 0.05) is 30.9 Å². The lowest BCUT2D eigenvalue weighted by Crippen LogP contribution is -2.35. The number of ether oxygens (including phenoxy) is 1. The van der Waals surface area contributed by atoms with E-state index in [1.54, 1.807) is 0 Å². The number of amides is 1. The van der Waals surface area contributed by atoms with Gasteiger partial charge in [0.15, 0.2) is 0 Å². The third-order valence-corrected chi connectivity index (χ3v) is 4.00. The molecule has 2 aromatic rings. The lowest BCUT2D eigenvalue weighted by atomic mass is 10.1. The Morgan fingerprint density at radius 1 is 1.13 bits per heavy atom. The predicted octanol–water partition coefficient (Wildman–Crippen LogP) is 3.08. The maximum absolute atomic E-state index is 12.3. The highest BCUT2D eigenvalue weighted by Crippen LogP contribution is 2.13. The zero-order chi connectivity index (χ0) is 16.1. The average Bonchev–Trinajstić information content (AvgIpc) is 2.56. The van der Waals surface area contributed by atoms with Gasteiger partial charge in [0.1, 0.15) is 0 Å². The molecule has 3 rings (SSSR count). The molecule has 120 valence electrons. The Morgan fingerprint density at radius 3 is 2.57 bits per heavy atom. The largest absolute Gasteiger partial charge is 0.379 e. The second-order valence-corrected chi connectivity index (χ2v) is 5.91. The topological polar surface area (TPSA) is 41.6 Å². The summed E-state index contributed by atoms with van der Waals surface area (Å²) in [7, 11) is 0. The van der Waals surface area contributed by atoms with Gasteiger partial charge in [-0.2, -0.15) is 0 Å². The van der Waals surface area contributed by atoms with Crippen LogP contribution < -0.4 is 5.32 Å². The highest BCUT2D eigenvalue weighted by atomic mass is 16.5. The van der Waals surface area contributed by atoms with E-state index in [1.165, 1.54) is 5.56 Å². The van der Waals surface area contributed by atoms with Crippen LogP contribution in [0.2, 0.25) is 0 Å². The van der Waals surface area contributed by atoms with Crippen molar-refractivity contribution >= 4 is 11.6 Å². The van der Waals surface area contributed by atoms with Crippen LogP contribution in [0, 0.1) is 6.92 Å². The van der Waals surface area contributed by atoms with Gasteiger partial charge in [-0.1, -0.05) is 24.3 Å². The molecular weight excluding hydrogens is 288 g/mol. The van der Waals surface area contributed by atoms with Gasteiger partial charge in [-0.3, -0.25) is 9.69 Å². The Labute approximate surface area is 137 Å². The van der Waals surface area contributed by atoms with Crippen molar-refractivity contribution < 1.29 is 9.53 Å². The second-order valence-electron chi connectivity index (χ2n) is 5.91. The van der Waals surface area contributed by atoms with Crippen molar-refractivity contribution in [1.29, 1.82) is 0 Å². The van der Waals surface area contributed by atoms with Crippen molar-refractivity contribution in [3.05, 3.63) is 65.2 Å². The van der Waals surface area contributed by atoms with E-state index in [9.17, 15) is 4.79 Å². The zero-order valence-corrected chi connectivity index (χ0v) is 13.4. The highest BCUT2D eigenvalue weighted by molar-refractivity contribution is 6.04. The number of hydrogen-bond acceptors (Lipinski definition) is 3. The molecule has 0 aromatic heterocycles. The van der Waals surface area contributed by atoms with Crippen molar-refractivity contribution in [3.63, 3.8) is 0 Å². The van der Waals surface area contributed by atoms with Gasteiger partial charge in [0.25, 0.3) is 5.91 Å². The molecule has 1 N–H and O–H groups in total. The lowest BCUT2D eigenvalue weighted by Gasteiger charge is -2.26. The zero-order valence-electron chi connectivity index (χ0n) is 13.4. The Morgan fingerprint density at radius 2 is 1.87 bits per heavy atom. The molecule has 1 fully saturated rings. The van der Waals surface area contributed by atoms with Gasteiger partial charge in [-0.25, -0.2) is 0 Å². The van der Waals surface area contributed by atoms with Gasteiger partial charge >= 0.3 is 0 Å². The third-order valence-electron chi connectivity index (χ3n) is 4.00. The number of morpholine rings is 1. The minimum Gasteiger partial charge on any atom is -0.379 e. The Kier molecular flexibility index (Phi) is 5.05.